The van der Waals surface area contributed by atoms with Crippen molar-refractivity contribution < 1.29 is 14.3 Å². The molecule has 3 aromatic rings. The van der Waals surface area contributed by atoms with E-state index < -0.39 is 0 Å². The predicted molar refractivity (Wildman–Crippen MR) is 120 cm³/mol. The molecule has 0 aliphatic rings. The molecule has 2 N–H and O–H groups in total. The molecule has 6 nitrogen and oxygen atoms in total. The van der Waals surface area contributed by atoms with E-state index in [1.165, 1.54) is 29.0 Å². The molecule has 0 saturated heterocycles. The second-order valence-corrected chi connectivity index (χ2v) is 7.16. The van der Waals surface area contributed by atoms with Crippen molar-refractivity contribution in [3.63, 3.8) is 0 Å². The quantitative estimate of drug-likeness (QED) is 0.426. The van der Waals surface area contributed by atoms with Crippen molar-refractivity contribution in [2.45, 2.75) is 20.0 Å². The number of benzene rings is 2. The number of carbonyl (C=O) groups excluding carboxylic acids is 1. The number of ether oxygens (including phenoxy) is 2. The molecule has 30 heavy (non-hydrogen) atoms. The van der Waals surface area contributed by atoms with Crippen molar-refractivity contribution in [2.75, 3.05) is 39.5 Å². The van der Waals surface area contributed by atoms with Crippen molar-refractivity contribution in [1.29, 1.82) is 0 Å². The van der Waals surface area contributed by atoms with E-state index in [-0.39, 0.29) is 5.91 Å². The number of amides is 1. The number of fused-ring (bicyclic) bond motifs is 1. The van der Waals surface area contributed by atoms with Crippen LogP contribution >= 0.6 is 0 Å². The average molecular weight is 410 g/mol. The summed E-state index contributed by atoms with van der Waals surface area (Å²) in [7, 11) is 0. The summed E-state index contributed by atoms with van der Waals surface area (Å²) in [6, 6.07) is 19.2. The van der Waals surface area contributed by atoms with E-state index in [1.807, 2.05) is 6.07 Å². The number of nitrogens with zero attached hydrogens (tertiary/aromatic N) is 1. The Morgan fingerprint density at radius 3 is 2.43 bits per heavy atom. The van der Waals surface area contributed by atoms with Crippen molar-refractivity contribution >= 4 is 16.8 Å². The number of hydrogen-bond donors (Lipinski definition) is 2. The largest absolute Gasteiger partial charge is 0.378 e. The minimum absolute atomic E-state index is 0.0376. The Kier molecular flexibility index (Phi) is 8.90. The lowest BCUT2D eigenvalue weighted by atomic mass is 10.1. The summed E-state index contributed by atoms with van der Waals surface area (Å²) in [5.41, 5.74) is 3.85. The number of aromatic nitrogens is 1. The molecule has 1 amide bonds. The van der Waals surface area contributed by atoms with Crippen LogP contribution in [-0.2, 0) is 27.4 Å². The van der Waals surface area contributed by atoms with E-state index in [2.05, 4.69) is 69.9 Å². The maximum absolute atomic E-state index is 10.7. The molecule has 0 bridgehead atoms. The summed E-state index contributed by atoms with van der Waals surface area (Å²) in [4.78, 5) is 10.7. The molecule has 0 fully saturated rings. The van der Waals surface area contributed by atoms with Gasteiger partial charge in [0.05, 0.1) is 26.4 Å². The Labute approximate surface area is 178 Å². The smallest absolute Gasteiger partial charge is 0.216 e. The van der Waals surface area contributed by atoms with Gasteiger partial charge in [0, 0.05) is 50.2 Å². The van der Waals surface area contributed by atoms with Crippen LogP contribution in [-0.4, -0.2) is 50.0 Å². The molecule has 6 heteroatoms. The highest BCUT2D eigenvalue weighted by atomic mass is 16.5. The van der Waals surface area contributed by atoms with Crippen LogP contribution in [0.2, 0.25) is 0 Å². The van der Waals surface area contributed by atoms with Gasteiger partial charge in [0.2, 0.25) is 5.91 Å². The van der Waals surface area contributed by atoms with Crippen LogP contribution in [0.5, 0.6) is 0 Å². The molecule has 0 saturated carbocycles. The minimum atomic E-state index is -0.0376. The van der Waals surface area contributed by atoms with Crippen molar-refractivity contribution in [3.8, 4) is 0 Å². The summed E-state index contributed by atoms with van der Waals surface area (Å²) in [6.45, 7) is 6.74. The van der Waals surface area contributed by atoms with Gasteiger partial charge < -0.3 is 24.7 Å². The van der Waals surface area contributed by atoms with Gasteiger partial charge >= 0.3 is 0 Å². The highest BCUT2D eigenvalue weighted by Crippen LogP contribution is 2.21. The number of carbonyl (C=O) groups is 1. The first-order valence-corrected chi connectivity index (χ1v) is 10.5. The Hall–Kier alpha value is -2.67. The van der Waals surface area contributed by atoms with E-state index in [0.29, 0.717) is 33.0 Å². The number of hydrogen-bond acceptors (Lipinski definition) is 4. The van der Waals surface area contributed by atoms with Gasteiger partial charge in [-0.3, -0.25) is 4.79 Å². The molecular formula is C24H31N3O3. The Morgan fingerprint density at radius 2 is 1.67 bits per heavy atom. The van der Waals surface area contributed by atoms with Crippen LogP contribution in [0.4, 0.5) is 0 Å². The predicted octanol–water partition coefficient (Wildman–Crippen LogP) is 2.95. The summed E-state index contributed by atoms with van der Waals surface area (Å²) in [5, 5.41) is 7.43. The SMILES string of the molecule is CC(=O)NCCOCCOCCNCc1cccc2c1ccn2Cc1ccccc1. The number of nitrogens with one attached hydrogen (secondary N) is 2. The Morgan fingerprint density at radius 1 is 0.900 bits per heavy atom. The summed E-state index contributed by atoms with van der Waals surface area (Å²) >= 11 is 0. The van der Waals surface area contributed by atoms with Crippen molar-refractivity contribution in [1.82, 2.24) is 15.2 Å². The molecular weight excluding hydrogens is 378 g/mol. The second kappa shape index (κ2) is 12.1. The summed E-state index contributed by atoms with van der Waals surface area (Å²) in [5.74, 6) is -0.0376. The maximum Gasteiger partial charge on any atom is 0.216 e. The molecule has 160 valence electrons. The van der Waals surface area contributed by atoms with Gasteiger partial charge in [-0.25, -0.2) is 0 Å². The molecule has 3 rings (SSSR count). The molecule has 0 atom stereocenters. The molecule has 1 aromatic heterocycles. The fourth-order valence-electron chi connectivity index (χ4n) is 3.35. The fourth-order valence-corrected chi connectivity index (χ4v) is 3.35. The van der Waals surface area contributed by atoms with E-state index in [4.69, 9.17) is 9.47 Å². The van der Waals surface area contributed by atoms with Crippen LogP contribution in [0.25, 0.3) is 10.9 Å². The monoisotopic (exact) mass is 409 g/mol. The average Bonchev–Trinajstić information content (AvgIpc) is 3.16. The first kappa shape index (κ1) is 22.0. The molecule has 0 unspecified atom stereocenters. The zero-order valence-electron chi connectivity index (χ0n) is 17.6. The van der Waals surface area contributed by atoms with Crippen LogP contribution in [0.15, 0.2) is 60.8 Å². The van der Waals surface area contributed by atoms with Crippen LogP contribution in [0.1, 0.15) is 18.1 Å². The molecule has 2 aromatic carbocycles. The van der Waals surface area contributed by atoms with E-state index in [1.54, 1.807) is 0 Å². The summed E-state index contributed by atoms with van der Waals surface area (Å²) in [6.07, 6.45) is 2.16. The maximum atomic E-state index is 10.7. The molecule has 0 aliphatic heterocycles. The lowest BCUT2D eigenvalue weighted by molar-refractivity contribution is -0.119. The third-order valence-corrected chi connectivity index (χ3v) is 4.83. The first-order valence-electron chi connectivity index (χ1n) is 10.5. The van der Waals surface area contributed by atoms with E-state index in [0.717, 1.165) is 19.6 Å². The minimum Gasteiger partial charge on any atom is -0.378 e. The highest BCUT2D eigenvalue weighted by Gasteiger charge is 2.06. The van der Waals surface area contributed by atoms with Crippen LogP contribution < -0.4 is 10.6 Å². The van der Waals surface area contributed by atoms with Gasteiger partial charge in [0.1, 0.15) is 0 Å². The molecule has 0 radical (unpaired) electrons. The van der Waals surface area contributed by atoms with Gasteiger partial charge in [-0.2, -0.15) is 0 Å². The number of rotatable bonds is 13. The third kappa shape index (κ3) is 6.99. The fraction of sp³-hybridized carbons (Fsp3) is 0.375. The van der Waals surface area contributed by atoms with Crippen LogP contribution in [0.3, 0.4) is 0 Å². The van der Waals surface area contributed by atoms with Gasteiger partial charge in [0.15, 0.2) is 0 Å². The molecule has 1 heterocycles. The van der Waals surface area contributed by atoms with E-state index in [9.17, 15) is 4.79 Å². The zero-order valence-corrected chi connectivity index (χ0v) is 17.6. The van der Waals surface area contributed by atoms with E-state index >= 15 is 0 Å². The lowest BCUT2D eigenvalue weighted by Crippen LogP contribution is -2.25. The second-order valence-electron chi connectivity index (χ2n) is 7.16. The molecule has 0 spiro atoms. The first-order chi connectivity index (χ1) is 14.7. The topological polar surface area (TPSA) is 64.5 Å². The zero-order chi connectivity index (χ0) is 21.0. The lowest BCUT2D eigenvalue weighted by Gasteiger charge is -2.09. The normalized spacial score (nSPS) is 11.1. The van der Waals surface area contributed by atoms with Crippen molar-refractivity contribution in [3.05, 3.63) is 71.9 Å². The highest BCUT2D eigenvalue weighted by molar-refractivity contribution is 5.83. The van der Waals surface area contributed by atoms with Gasteiger partial charge in [-0.15, -0.1) is 0 Å². The van der Waals surface area contributed by atoms with Crippen LogP contribution in [0, 0.1) is 0 Å². The van der Waals surface area contributed by atoms with Crippen molar-refractivity contribution in [2.24, 2.45) is 0 Å². The Bertz CT molecular complexity index is 908. The molecule has 0 aliphatic carbocycles. The van der Waals surface area contributed by atoms with Gasteiger partial charge in [0.25, 0.3) is 0 Å². The summed E-state index contributed by atoms with van der Waals surface area (Å²) < 4.78 is 13.3. The Balaban J connectivity index is 1.36. The van der Waals surface area contributed by atoms with Gasteiger partial charge in [-0.05, 0) is 23.3 Å². The van der Waals surface area contributed by atoms with Gasteiger partial charge in [-0.1, -0.05) is 42.5 Å². The standard InChI is InChI=1S/C24H31N3O3/c1-20(28)26-12-15-30-17-16-29-14-11-25-18-22-8-5-9-24-23(22)10-13-27(24)19-21-6-3-2-4-7-21/h2-10,13,25H,11-12,14-19H2,1H3,(H,26,28). The third-order valence-electron chi connectivity index (χ3n) is 4.83.